The summed E-state index contributed by atoms with van der Waals surface area (Å²) in [5.41, 5.74) is 10.3. The van der Waals surface area contributed by atoms with Crippen LogP contribution >= 0.6 is 0 Å². The zero-order chi connectivity index (χ0) is 47.4. The molecular weight excluding hydrogens is 811 g/mol. The summed E-state index contributed by atoms with van der Waals surface area (Å²) in [5, 5.41) is 4.03. The number of likely N-dealkylation sites (N-methyl/N-ethyl adjacent to an activating group) is 2. The monoisotopic (exact) mass is 898 g/mol. The lowest BCUT2D eigenvalue weighted by molar-refractivity contribution is 0.0638. The lowest BCUT2D eigenvalue weighted by Gasteiger charge is -2.35. The molecule has 8 heteroatoms. The van der Waals surface area contributed by atoms with Crippen molar-refractivity contribution in [3.05, 3.63) is 130 Å². The molecule has 5 aromatic rings. The van der Waals surface area contributed by atoms with Crippen LogP contribution in [0, 0.1) is 13.8 Å². The van der Waals surface area contributed by atoms with E-state index in [0.717, 1.165) is 57.7 Å². The first-order valence-electron chi connectivity index (χ1n) is 25.6. The Balaban J connectivity index is 0.000000383. The molecule has 66 heavy (non-hydrogen) atoms. The van der Waals surface area contributed by atoms with Gasteiger partial charge in [0.25, 0.3) is 5.91 Å². The molecule has 4 heterocycles. The molecule has 0 radical (unpaired) electrons. The Morgan fingerprint density at radius 3 is 1.76 bits per heavy atom. The van der Waals surface area contributed by atoms with E-state index >= 15 is 0 Å². The summed E-state index contributed by atoms with van der Waals surface area (Å²) in [6.45, 7) is 34.8. The summed E-state index contributed by atoms with van der Waals surface area (Å²) in [4.78, 5) is 27.9. The Hall–Kier alpha value is -4.31. The van der Waals surface area contributed by atoms with Crippen molar-refractivity contribution in [2.75, 3.05) is 112 Å². The van der Waals surface area contributed by atoms with Crippen molar-refractivity contribution in [3.63, 3.8) is 0 Å². The van der Waals surface area contributed by atoms with Crippen LogP contribution in [0.25, 0.3) is 21.7 Å². The summed E-state index contributed by atoms with van der Waals surface area (Å²) < 4.78 is 2.52. The zero-order valence-corrected chi connectivity index (χ0v) is 43.0. The molecule has 0 unspecified atom stereocenters. The van der Waals surface area contributed by atoms with Gasteiger partial charge >= 0.3 is 0 Å². The van der Waals surface area contributed by atoms with Crippen LogP contribution in [-0.4, -0.2) is 152 Å². The predicted molar refractivity (Wildman–Crippen MR) is 285 cm³/mol. The highest BCUT2D eigenvalue weighted by Crippen LogP contribution is 2.28. The SMILES string of the molecule is CC.CC=C(C)C.CCCCN1CCN(C)CC1.Cc1c(C)n(CCCN2CCN(C)CC2)c2ccc(Cc3ccc(C(=O)N4CCN(CCc5cccc6ccccc56)CC4)cc3)cc12. The van der Waals surface area contributed by atoms with E-state index in [2.05, 4.69) is 157 Å². The first-order valence-corrected chi connectivity index (χ1v) is 25.6. The van der Waals surface area contributed by atoms with Crippen LogP contribution in [0.15, 0.2) is 96.6 Å². The van der Waals surface area contributed by atoms with Crippen LogP contribution in [0.2, 0.25) is 0 Å². The highest BCUT2D eigenvalue weighted by Gasteiger charge is 2.22. The summed E-state index contributed by atoms with van der Waals surface area (Å²) in [7, 11) is 4.43. The number of fused-ring (bicyclic) bond motifs is 2. The molecule has 0 bridgehead atoms. The average molecular weight is 898 g/mol. The second-order valence-corrected chi connectivity index (χ2v) is 19.0. The second-order valence-electron chi connectivity index (χ2n) is 19.0. The molecule has 0 aliphatic carbocycles. The number of nitrogens with zero attached hydrogens (tertiary/aromatic N) is 7. The number of aryl methyl sites for hydroxylation is 2. The van der Waals surface area contributed by atoms with Gasteiger partial charge in [0.2, 0.25) is 0 Å². The summed E-state index contributed by atoms with van der Waals surface area (Å²) in [5.74, 6) is 0.150. The van der Waals surface area contributed by atoms with Crippen molar-refractivity contribution in [2.24, 2.45) is 0 Å². The molecule has 4 aromatic carbocycles. The molecule has 1 amide bonds. The van der Waals surface area contributed by atoms with Gasteiger partial charge in [-0.25, -0.2) is 0 Å². The number of hydrogen-bond donors (Lipinski definition) is 0. The van der Waals surface area contributed by atoms with Crippen molar-refractivity contribution in [1.82, 2.24) is 34.0 Å². The van der Waals surface area contributed by atoms with Crippen molar-refractivity contribution >= 4 is 27.6 Å². The number of amides is 1. The number of rotatable bonds is 13. The normalized spacial score (nSPS) is 16.5. The van der Waals surface area contributed by atoms with E-state index in [1.165, 1.54) is 140 Å². The predicted octanol–water partition coefficient (Wildman–Crippen LogP) is 10.7. The lowest BCUT2D eigenvalue weighted by Crippen LogP contribution is -2.49. The van der Waals surface area contributed by atoms with Gasteiger partial charge in [-0.15, -0.1) is 0 Å². The number of piperazine rings is 3. The van der Waals surface area contributed by atoms with Crippen LogP contribution in [0.5, 0.6) is 0 Å². The van der Waals surface area contributed by atoms with Crippen LogP contribution in [-0.2, 0) is 19.4 Å². The first-order chi connectivity index (χ1) is 32.0. The van der Waals surface area contributed by atoms with Gasteiger partial charge in [-0.05, 0) is 145 Å². The number of hydrogen-bond acceptors (Lipinski definition) is 6. The molecule has 360 valence electrons. The van der Waals surface area contributed by atoms with E-state index in [0.29, 0.717) is 0 Å². The Morgan fingerprint density at radius 1 is 0.606 bits per heavy atom. The first kappa shape index (κ1) is 52.7. The fourth-order valence-corrected chi connectivity index (χ4v) is 9.22. The largest absolute Gasteiger partial charge is 0.345 e. The number of allylic oxidation sites excluding steroid dienone is 2. The lowest BCUT2D eigenvalue weighted by atomic mass is 10.0. The Kier molecular flexibility index (Phi) is 21.9. The smallest absolute Gasteiger partial charge is 0.253 e. The quantitative estimate of drug-likeness (QED) is 0.110. The highest BCUT2D eigenvalue weighted by atomic mass is 16.2. The molecule has 0 saturated carbocycles. The third-order valence-corrected chi connectivity index (χ3v) is 14.0. The van der Waals surface area contributed by atoms with Gasteiger partial charge in [-0.2, -0.15) is 0 Å². The Bertz CT molecular complexity index is 2210. The molecule has 3 saturated heterocycles. The van der Waals surface area contributed by atoms with Gasteiger partial charge in [-0.3, -0.25) is 9.69 Å². The highest BCUT2D eigenvalue weighted by molar-refractivity contribution is 5.94. The van der Waals surface area contributed by atoms with E-state index in [-0.39, 0.29) is 5.91 Å². The number of aromatic nitrogens is 1. The van der Waals surface area contributed by atoms with E-state index in [1.54, 1.807) is 0 Å². The molecular formula is C58H87N7O. The fourth-order valence-electron chi connectivity index (χ4n) is 9.22. The minimum Gasteiger partial charge on any atom is -0.345 e. The third kappa shape index (κ3) is 15.6. The van der Waals surface area contributed by atoms with Crippen molar-refractivity contribution in [1.29, 1.82) is 0 Å². The molecule has 0 N–H and O–H groups in total. The number of carbonyl (C=O) groups excluding carboxylic acids is 1. The van der Waals surface area contributed by atoms with Gasteiger partial charge in [-0.1, -0.05) is 99.5 Å². The molecule has 3 aliphatic heterocycles. The topological polar surface area (TPSA) is 41.4 Å². The minimum atomic E-state index is 0.150. The maximum absolute atomic E-state index is 13.4. The van der Waals surface area contributed by atoms with Gasteiger partial charge in [0.15, 0.2) is 0 Å². The van der Waals surface area contributed by atoms with E-state index in [9.17, 15) is 4.79 Å². The average Bonchev–Trinajstić information content (AvgIpc) is 3.59. The van der Waals surface area contributed by atoms with Crippen LogP contribution in [0.4, 0.5) is 0 Å². The minimum absolute atomic E-state index is 0.150. The molecule has 8 nitrogen and oxygen atoms in total. The van der Waals surface area contributed by atoms with E-state index in [4.69, 9.17) is 0 Å². The number of unbranched alkanes of at least 4 members (excludes halogenated alkanes) is 1. The molecule has 3 fully saturated rings. The molecule has 1 aromatic heterocycles. The molecule has 8 rings (SSSR count). The van der Waals surface area contributed by atoms with Gasteiger partial charge in [0, 0.05) is 114 Å². The Morgan fingerprint density at radius 2 is 1.15 bits per heavy atom. The Labute approximate surface area is 401 Å². The second kappa shape index (κ2) is 27.5. The fraction of sp³-hybridized carbons (Fsp3) is 0.534. The zero-order valence-electron chi connectivity index (χ0n) is 43.0. The van der Waals surface area contributed by atoms with Gasteiger partial charge in [0.05, 0.1) is 0 Å². The van der Waals surface area contributed by atoms with Crippen molar-refractivity contribution in [3.8, 4) is 0 Å². The van der Waals surface area contributed by atoms with Gasteiger partial charge in [0.1, 0.15) is 0 Å². The van der Waals surface area contributed by atoms with E-state index < -0.39 is 0 Å². The van der Waals surface area contributed by atoms with E-state index in [1.807, 2.05) is 37.8 Å². The third-order valence-electron chi connectivity index (χ3n) is 14.0. The standard InChI is InChI=1S/C42H51N5O.C9H20N2.C5H10.C2H6/c1-32-33(2)47(20-7-19-44-24-22-43(3)23-25-44)41-17-14-35(31-40(32)41)30-34-12-15-38(16-13-34)42(48)46-28-26-45(27-29-46)21-18-37-10-6-9-36-8-4-5-11-39(36)37;1-3-4-5-11-8-6-10(2)7-9-11;1-4-5(2)3;1-2/h4-6,8-17,31H,7,18-30H2,1-3H3;3-9H2,1-2H3;4H,1-3H3;1-2H3. The van der Waals surface area contributed by atoms with Crippen LogP contribution in [0.3, 0.4) is 0 Å². The van der Waals surface area contributed by atoms with Crippen LogP contribution < -0.4 is 0 Å². The van der Waals surface area contributed by atoms with Crippen molar-refractivity contribution in [2.45, 2.75) is 94.0 Å². The molecule has 3 aliphatic rings. The van der Waals surface area contributed by atoms with Crippen molar-refractivity contribution < 1.29 is 4.79 Å². The maximum atomic E-state index is 13.4. The summed E-state index contributed by atoms with van der Waals surface area (Å²) >= 11 is 0. The number of carbonyl (C=O) groups is 1. The number of benzene rings is 4. The summed E-state index contributed by atoms with van der Waals surface area (Å²) in [6.07, 6.45) is 7.86. The van der Waals surface area contributed by atoms with Crippen LogP contribution in [0.1, 0.15) is 99.1 Å². The van der Waals surface area contributed by atoms with Gasteiger partial charge < -0.3 is 29.1 Å². The molecule has 0 spiro atoms. The molecule has 0 atom stereocenters. The maximum Gasteiger partial charge on any atom is 0.253 e. The summed E-state index contributed by atoms with van der Waals surface area (Å²) in [6, 6.07) is 30.6.